The Morgan fingerprint density at radius 3 is 2.35 bits per heavy atom. The molecular formula is C18H21ClF3N3O. The van der Waals surface area contributed by atoms with Gasteiger partial charge in [-0.2, -0.15) is 13.2 Å². The van der Waals surface area contributed by atoms with Gasteiger partial charge in [0.1, 0.15) is 11.4 Å². The summed E-state index contributed by atoms with van der Waals surface area (Å²) in [6.07, 6.45) is 0.760. The number of benzene rings is 1. The molecule has 1 aromatic heterocycles. The second kappa shape index (κ2) is 8.60. The van der Waals surface area contributed by atoms with E-state index in [1.54, 1.807) is 25.6 Å². The zero-order chi connectivity index (χ0) is 17.9. The fraction of sp³-hybridized carbons (Fsp3) is 0.389. The zero-order valence-electron chi connectivity index (χ0n) is 14.3. The quantitative estimate of drug-likeness (QED) is 0.842. The van der Waals surface area contributed by atoms with E-state index in [9.17, 15) is 13.2 Å². The van der Waals surface area contributed by atoms with Gasteiger partial charge < -0.3 is 15.0 Å². The molecule has 1 aromatic carbocycles. The van der Waals surface area contributed by atoms with Gasteiger partial charge in [-0.1, -0.05) is 0 Å². The van der Waals surface area contributed by atoms with Crippen molar-refractivity contribution in [2.24, 2.45) is 0 Å². The lowest BCUT2D eigenvalue weighted by Crippen LogP contribution is -2.41. The second-order valence-corrected chi connectivity index (χ2v) is 5.94. The van der Waals surface area contributed by atoms with Gasteiger partial charge >= 0.3 is 6.18 Å². The van der Waals surface area contributed by atoms with Crippen molar-refractivity contribution in [2.45, 2.75) is 25.1 Å². The molecule has 142 valence electrons. The van der Waals surface area contributed by atoms with Crippen LogP contribution in [0.15, 0.2) is 42.7 Å². The number of rotatable bonds is 4. The molecule has 1 saturated heterocycles. The van der Waals surface area contributed by atoms with Crippen molar-refractivity contribution in [1.82, 2.24) is 10.3 Å². The van der Waals surface area contributed by atoms with Crippen LogP contribution in [0, 0.1) is 0 Å². The van der Waals surface area contributed by atoms with Gasteiger partial charge in [0, 0.05) is 24.0 Å². The molecule has 2 heterocycles. The van der Waals surface area contributed by atoms with E-state index in [1.165, 1.54) is 12.1 Å². The van der Waals surface area contributed by atoms with Crippen molar-refractivity contribution in [3.05, 3.63) is 48.3 Å². The number of halogens is 4. The van der Waals surface area contributed by atoms with Crippen LogP contribution in [0.4, 0.5) is 24.5 Å². The van der Waals surface area contributed by atoms with Gasteiger partial charge in [-0.3, -0.25) is 4.98 Å². The molecule has 0 unspecified atom stereocenters. The first-order valence-corrected chi connectivity index (χ1v) is 8.16. The van der Waals surface area contributed by atoms with E-state index in [2.05, 4.69) is 10.3 Å². The van der Waals surface area contributed by atoms with Gasteiger partial charge in [0.2, 0.25) is 0 Å². The molecule has 0 saturated carbocycles. The maximum Gasteiger partial charge on any atom is 0.416 e. The lowest BCUT2D eigenvalue weighted by molar-refractivity contribution is -0.137. The molecule has 0 atom stereocenters. The number of piperidine rings is 1. The van der Waals surface area contributed by atoms with Crippen molar-refractivity contribution in [1.29, 1.82) is 0 Å². The number of alkyl halides is 3. The lowest BCUT2D eigenvalue weighted by atomic mass is 10.0. The third-order valence-electron chi connectivity index (χ3n) is 4.39. The molecular weight excluding hydrogens is 367 g/mol. The highest BCUT2D eigenvalue weighted by molar-refractivity contribution is 5.85. The Hall–Kier alpha value is -1.99. The molecule has 0 aliphatic carbocycles. The van der Waals surface area contributed by atoms with Crippen LogP contribution in [0.25, 0.3) is 0 Å². The standard InChI is InChI=1S/C18H20F3N3O.ClH/c1-25-17-8-11-23-12-16(17)24(15-6-9-22-10-7-15)14-4-2-13(3-5-14)18(19,20)21;/h2-5,8,11-12,15,22H,6-7,9-10H2,1H3;1H. The van der Waals surface area contributed by atoms with Crippen molar-refractivity contribution >= 4 is 23.8 Å². The average molecular weight is 388 g/mol. The topological polar surface area (TPSA) is 37.4 Å². The third-order valence-corrected chi connectivity index (χ3v) is 4.39. The molecule has 3 rings (SSSR count). The highest BCUT2D eigenvalue weighted by Crippen LogP contribution is 2.38. The summed E-state index contributed by atoms with van der Waals surface area (Å²) in [6, 6.07) is 7.18. The van der Waals surface area contributed by atoms with Crippen LogP contribution in [0.2, 0.25) is 0 Å². The third kappa shape index (κ3) is 4.40. The minimum absolute atomic E-state index is 0. The van der Waals surface area contributed by atoms with Gasteiger partial charge in [-0.15, -0.1) is 12.4 Å². The maximum absolute atomic E-state index is 12.9. The first-order chi connectivity index (χ1) is 12.0. The van der Waals surface area contributed by atoms with Gasteiger partial charge in [0.15, 0.2) is 0 Å². The molecule has 26 heavy (non-hydrogen) atoms. The molecule has 2 aromatic rings. The smallest absolute Gasteiger partial charge is 0.416 e. The molecule has 1 aliphatic rings. The highest BCUT2D eigenvalue weighted by Gasteiger charge is 2.31. The minimum atomic E-state index is -4.34. The molecule has 1 N–H and O–H groups in total. The average Bonchev–Trinajstić information content (AvgIpc) is 2.63. The van der Waals surface area contributed by atoms with E-state index < -0.39 is 11.7 Å². The number of hydrogen-bond acceptors (Lipinski definition) is 4. The van der Waals surface area contributed by atoms with Gasteiger partial charge in [-0.25, -0.2) is 0 Å². The van der Waals surface area contributed by atoms with Crippen molar-refractivity contribution in [3.8, 4) is 5.75 Å². The highest BCUT2D eigenvalue weighted by atomic mass is 35.5. The van der Waals surface area contributed by atoms with E-state index in [0.717, 1.165) is 43.8 Å². The molecule has 1 aliphatic heterocycles. The Bertz CT molecular complexity index is 704. The number of hydrogen-bond donors (Lipinski definition) is 1. The summed E-state index contributed by atoms with van der Waals surface area (Å²) in [7, 11) is 1.58. The van der Waals surface area contributed by atoms with Crippen LogP contribution < -0.4 is 15.0 Å². The number of nitrogens with one attached hydrogen (secondary N) is 1. The van der Waals surface area contributed by atoms with E-state index in [-0.39, 0.29) is 18.4 Å². The van der Waals surface area contributed by atoms with Crippen molar-refractivity contribution in [2.75, 3.05) is 25.1 Å². The number of aromatic nitrogens is 1. The molecule has 0 amide bonds. The predicted octanol–water partition coefficient (Wildman–Crippen LogP) is 4.42. The van der Waals surface area contributed by atoms with Crippen LogP contribution in [0.5, 0.6) is 5.75 Å². The van der Waals surface area contributed by atoms with Crippen molar-refractivity contribution in [3.63, 3.8) is 0 Å². The number of nitrogens with zero attached hydrogens (tertiary/aromatic N) is 2. The molecule has 0 spiro atoms. The summed E-state index contributed by atoms with van der Waals surface area (Å²) in [5.74, 6) is 0.647. The van der Waals surface area contributed by atoms with Gasteiger partial charge in [0.25, 0.3) is 0 Å². The summed E-state index contributed by atoms with van der Waals surface area (Å²) in [5.41, 5.74) is 0.808. The van der Waals surface area contributed by atoms with Crippen LogP contribution in [-0.2, 0) is 6.18 Å². The van der Waals surface area contributed by atoms with Crippen LogP contribution >= 0.6 is 12.4 Å². The monoisotopic (exact) mass is 387 g/mol. The lowest BCUT2D eigenvalue weighted by Gasteiger charge is -2.37. The van der Waals surface area contributed by atoms with Crippen molar-refractivity contribution < 1.29 is 17.9 Å². The maximum atomic E-state index is 12.9. The van der Waals surface area contributed by atoms with Crippen LogP contribution in [-0.4, -0.2) is 31.2 Å². The molecule has 1 fully saturated rings. The van der Waals surface area contributed by atoms with Crippen LogP contribution in [0.1, 0.15) is 18.4 Å². The van der Waals surface area contributed by atoms with E-state index in [4.69, 9.17) is 4.74 Å². The van der Waals surface area contributed by atoms with Gasteiger partial charge in [-0.05, 0) is 50.2 Å². The Balaban J connectivity index is 0.00000243. The summed E-state index contributed by atoms with van der Waals surface area (Å²) >= 11 is 0. The second-order valence-electron chi connectivity index (χ2n) is 5.94. The summed E-state index contributed by atoms with van der Waals surface area (Å²) in [5, 5.41) is 3.31. The summed E-state index contributed by atoms with van der Waals surface area (Å²) in [4.78, 5) is 6.21. The zero-order valence-corrected chi connectivity index (χ0v) is 15.1. The predicted molar refractivity (Wildman–Crippen MR) is 97.5 cm³/mol. The molecule has 0 radical (unpaired) electrons. The largest absolute Gasteiger partial charge is 0.494 e. The first kappa shape index (κ1) is 20.3. The van der Waals surface area contributed by atoms with E-state index >= 15 is 0 Å². The fourth-order valence-corrected chi connectivity index (χ4v) is 3.15. The van der Waals surface area contributed by atoms with Crippen LogP contribution in [0.3, 0.4) is 0 Å². The Labute approximate surface area is 156 Å². The SMILES string of the molecule is COc1ccncc1N(c1ccc(C(F)(F)F)cc1)C1CCNCC1.Cl. The number of ether oxygens (including phenoxy) is 1. The molecule has 4 nitrogen and oxygen atoms in total. The van der Waals surface area contributed by atoms with Gasteiger partial charge in [0.05, 0.1) is 18.9 Å². The molecule has 0 bridgehead atoms. The number of anilines is 2. The Morgan fingerprint density at radius 2 is 1.77 bits per heavy atom. The Kier molecular flexibility index (Phi) is 6.72. The summed E-state index contributed by atoms with van der Waals surface area (Å²) < 4.78 is 44.0. The number of methoxy groups -OCH3 is 1. The molecule has 8 heteroatoms. The van der Waals surface area contributed by atoms with E-state index in [1.807, 2.05) is 4.90 Å². The fourth-order valence-electron chi connectivity index (χ4n) is 3.15. The number of pyridine rings is 1. The summed E-state index contributed by atoms with van der Waals surface area (Å²) in [6.45, 7) is 1.73. The Morgan fingerprint density at radius 1 is 1.12 bits per heavy atom. The van der Waals surface area contributed by atoms with E-state index in [0.29, 0.717) is 11.4 Å². The minimum Gasteiger partial charge on any atom is -0.494 e. The first-order valence-electron chi connectivity index (χ1n) is 8.16. The normalized spacial score (nSPS) is 15.2.